The number of carbonyl (C=O) groups excluding carboxylic acids is 2. The zero-order valence-electron chi connectivity index (χ0n) is 16.4. The summed E-state index contributed by atoms with van der Waals surface area (Å²) in [6.07, 6.45) is 0. The molecule has 0 aliphatic rings. The van der Waals surface area contributed by atoms with Gasteiger partial charge in [0, 0.05) is 12.7 Å². The van der Waals surface area contributed by atoms with Gasteiger partial charge in [0.1, 0.15) is 11.9 Å². The topological polar surface area (TPSA) is 95.6 Å². The number of hydrogen-bond donors (Lipinski definition) is 2. The standard InChI is InChI=1S/C20H24FN3O4S/c1-14(2)19(23-29(27,28)17-7-5-4-6-8-17)20(26)24(3)13-18(25)22-16-11-9-15(21)10-12-16/h4-12,14,19,23H,13H2,1-3H3,(H,22,25)/t19-/m0/s1. The van der Waals surface area contributed by atoms with Crippen LogP contribution >= 0.6 is 0 Å². The molecule has 156 valence electrons. The van der Waals surface area contributed by atoms with Gasteiger partial charge in [-0.2, -0.15) is 4.72 Å². The lowest BCUT2D eigenvalue weighted by Crippen LogP contribution is -2.51. The van der Waals surface area contributed by atoms with Crippen molar-refractivity contribution in [3.63, 3.8) is 0 Å². The number of likely N-dealkylation sites (N-methyl/N-ethyl adjacent to an activating group) is 1. The van der Waals surface area contributed by atoms with Gasteiger partial charge in [-0.15, -0.1) is 0 Å². The van der Waals surface area contributed by atoms with Crippen LogP contribution in [0.3, 0.4) is 0 Å². The summed E-state index contributed by atoms with van der Waals surface area (Å²) in [6, 6.07) is 11.9. The summed E-state index contributed by atoms with van der Waals surface area (Å²) in [7, 11) is -2.48. The van der Waals surface area contributed by atoms with E-state index in [-0.39, 0.29) is 17.4 Å². The highest BCUT2D eigenvalue weighted by molar-refractivity contribution is 7.89. The van der Waals surface area contributed by atoms with E-state index in [0.717, 1.165) is 4.90 Å². The summed E-state index contributed by atoms with van der Waals surface area (Å²) >= 11 is 0. The Labute approximate surface area is 170 Å². The number of amides is 2. The molecule has 2 rings (SSSR count). The molecule has 2 N–H and O–H groups in total. The summed E-state index contributed by atoms with van der Waals surface area (Å²) in [5.41, 5.74) is 0.391. The van der Waals surface area contributed by atoms with E-state index in [1.807, 2.05) is 0 Å². The Morgan fingerprint density at radius 2 is 1.62 bits per heavy atom. The molecule has 0 radical (unpaired) electrons. The first-order valence-electron chi connectivity index (χ1n) is 8.98. The highest BCUT2D eigenvalue weighted by Crippen LogP contribution is 2.13. The number of benzene rings is 2. The average molecular weight is 421 g/mol. The van der Waals surface area contributed by atoms with Gasteiger partial charge >= 0.3 is 0 Å². The molecule has 0 heterocycles. The maximum Gasteiger partial charge on any atom is 0.243 e. The molecular weight excluding hydrogens is 397 g/mol. The van der Waals surface area contributed by atoms with Gasteiger partial charge in [0.25, 0.3) is 0 Å². The Balaban J connectivity index is 2.05. The third-order valence-corrected chi connectivity index (χ3v) is 5.61. The summed E-state index contributed by atoms with van der Waals surface area (Å²) in [5.74, 6) is -1.79. The third kappa shape index (κ3) is 6.37. The minimum Gasteiger partial charge on any atom is -0.335 e. The molecule has 0 unspecified atom stereocenters. The van der Waals surface area contributed by atoms with Crippen molar-refractivity contribution in [1.82, 2.24) is 9.62 Å². The van der Waals surface area contributed by atoms with E-state index >= 15 is 0 Å². The van der Waals surface area contributed by atoms with Gasteiger partial charge in [-0.25, -0.2) is 12.8 Å². The van der Waals surface area contributed by atoms with Crippen LogP contribution in [-0.4, -0.2) is 44.8 Å². The van der Waals surface area contributed by atoms with Gasteiger partial charge in [-0.3, -0.25) is 9.59 Å². The first-order valence-corrected chi connectivity index (χ1v) is 10.5. The quantitative estimate of drug-likeness (QED) is 0.683. The maximum absolute atomic E-state index is 12.9. The van der Waals surface area contributed by atoms with Crippen LogP contribution in [0.1, 0.15) is 13.8 Å². The van der Waals surface area contributed by atoms with E-state index < -0.39 is 33.7 Å². The number of halogens is 1. The van der Waals surface area contributed by atoms with E-state index in [1.165, 1.54) is 43.4 Å². The Hall–Kier alpha value is -2.78. The summed E-state index contributed by atoms with van der Waals surface area (Å²) in [4.78, 5) is 26.2. The molecule has 0 saturated carbocycles. The monoisotopic (exact) mass is 421 g/mol. The van der Waals surface area contributed by atoms with E-state index in [1.54, 1.807) is 32.0 Å². The predicted octanol–water partition coefficient (Wildman–Crippen LogP) is 2.23. The van der Waals surface area contributed by atoms with E-state index in [0.29, 0.717) is 5.69 Å². The van der Waals surface area contributed by atoms with Crippen molar-refractivity contribution in [2.24, 2.45) is 5.92 Å². The summed E-state index contributed by atoms with van der Waals surface area (Å²) in [6.45, 7) is 3.14. The molecule has 2 aromatic carbocycles. The number of sulfonamides is 1. The van der Waals surface area contributed by atoms with Crippen LogP contribution in [0, 0.1) is 11.7 Å². The van der Waals surface area contributed by atoms with Crippen LogP contribution in [0.2, 0.25) is 0 Å². The molecular formula is C20H24FN3O4S. The Morgan fingerprint density at radius 1 is 1.03 bits per heavy atom. The van der Waals surface area contributed by atoms with E-state index in [4.69, 9.17) is 0 Å². The molecule has 0 fully saturated rings. The number of rotatable bonds is 8. The zero-order valence-corrected chi connectivity index (χ0v) is 17.2. The van der Waals surface area contributed by atoms with Crippen LogP contribution in [-0.2, 0) is 19.6 Å². The van der Waals surface area contributed by atoms with Crippen LogP contribution in [0.15, 0.2) is 59.5 Å². The van der Waals surface area contributed by atoms with Crippen molar-refractivity contribution in [1.29, 1.82) is 0 Å². The average Bonchev–Trinajstić information content (AvgIpc) is 2.68. The van der Waals surface area contributed by atoms with Gasteiger partial charge in [-0.05, 0) is 42.3 Å². The highest BCUT2D eigenvalue weighted by atomic mass is 32.2. The minimum absolute atomic E-state index is 0.0511. The first kappa shape index (κ1) is 22.5. The van der Waals surface area contributed by atoms with E-state index in [2.05, 4.69) is 10.0 Å². The molecule has 0 spiro atoms. The van der Waals surface area contributed by atoms with Gasteiger partial charge in [0.05, 0.1) is 11.4 Å². The molecule has 0 bridgehead atoms. The molecule has 1 atom stereocenters. The zero-order chi connectivity index (χ0) is 21.6. The lowest BCUT2D eigenvalue weighted by atomic mass is 10.0. The van der Waals surface area contributed by atoms with Gasteiger partial charge < -0.3 is 10.2 Å². The molecule has 0 saturated heterocycles. The summed E-state index contributed by atoms with van der Waals surface area (Å²) in [5, 5.41) is 2.56. The van der Waals surface area contributed by atoms with Crippen molar-refractivity contribution in [3.05, 3.63) is 60.4 Å². The largest absolute Gasteiger partial charge is 0.335 e. The highest BCUT2D eigenvalue weighted by Gasteiger charge is 2.31. The third-order valence-electron chi connectivity index (χ3n) is 4.15. The van der Waals surface area contributed by atoms with Crippen LogP contribution in [0.4, 0.5) is 10.1 Å². The Bertz CT molecular complexity index is 947. The number of anilines is 1. The lowest BCUT2D eigenvalue weighted by molar-refractivity contribution is -0.135. The normalized spacial score (nSPS) is 12.4. The molecule has 0 aliphatic heterocycles. The van der Waals surface area contributed by atoms with Gasteiger partial charge in [0.15, 0.2) is 0 Å². The first-order chi connectivity index (χ1) is 13.6. The van der Waals surface area contributed by atoms with Gasteiger partial charge in [0.2, 0.25) is 21.8 Å². The molecule has 29 heavy (non-hydrogen) atoms. The van der Waals surface area contributed by atoms with Crippen molar-refractivity contribution >= 4 is 27.5 Å². The fourth-order valence-corrected chi connectivity index (χ4v) is 3.93. The fourth-order valence-electron chi connectivity index (χ4n) is 2.57. The predicted molar refractivity (Wildman–Crippen MR) is 108 cm³/mol. The van der Waals surface area contributed by atoms with Crippen LogP contribution < -0.4 is 10.0 Å². The number of nitrogens with one attached hydrogen (secondary N) is 2. The van der Waals surface area contributed by atoms with Gasteiger partial charge in [-0.1, -0.05) is 32.0 Å². The molecule has 0 aliphatic carbocycles. The Kier molecular flexibility index (Phi) is 7.46. The SMILES string of the molecule is CC(C)[C@H](NS(=O)(=O)c1ccccc1)C(=O)N(C)CC(=O)Nc1ccc(F)cc1. The van der Waals surface area contributed by atoms with Crippen molar-refractivity contribution in [2.45, 2.75) is 24.8 Å². The smallest absolute Gasteiger partial charge is 0.243 e. The number of hydrogen-bond acceptors (Lipinski definition) is 4. The fraction of sp³-hybridized carbons (Fsp3) is 0.300. The van der Waals surface area contributed by atoms with Crippen LogP contribution in [0.25, 0.3) is 0 Å². The summed E-state index contributed by atoms with van der Waals surface area (Å²) < 4.78 is 40.5. The molecule has 7 nitrogen and oxygen atoms in total. The van der Waals surface area contributed by atoms with Crippen LogP contribution in [0.5, 0.6) is 0 Å². The van der Waals surface area contributed by atoms with Crippen molar-refractivity contribution in [3.8, 4) is 0 Å². The second-order valence-corrected chi connectivity index (χ2v) is 8.62. The molecule has 2 aromatic rings. The Morgan fingerprint density at radius 3 is 2.17 bits per heavy atom. The molecule has 9 heteroatoms. The second kappa shape index (κ2) is 9.62. The van der Waals surface area contributed by atoms with E-state index in [9.17, 15) is 22.4 Å². The van der Waals surface area contributed by atoms with Crippen molar-refractivity contribution in [2.75, 3.05) is 18.9 Å². The maximum atomic E-state index is 12.9. The number of nitrogens with zero attached hydrogens (tertiary/aromatic N) is 1. The van der Waals surface area contributed by atoms with Crippen molar-refractivity contribution < 1.29 is 22.4 Å². The minimum atomic E-state index is -3.90. The number of carbonyl (C=O) groups is 2. The molecule has 0 aromatic heterocycles. The lowest BCUT2D eigenvalue weighted by Gasteiger charge is -2.26. The molecule has 2 amide bonds. The second-order valence-electron chi connectivity index (χ2n) is 6.91.